The highest BCUT2D eigenvalue weighted by Gasteiger charge is 2.21. The molecule has 0 bridgehead atoms. The first kappa shape index (κ1) is 24.0. The van der Waals surface area contributed by atoms with Crippen LogP contribution in [0.3, 0.4) is 0 Å². The van der Waals surface area contributed by atoms with Crippen LogP contribution in [0.15, 0.2) is 87.3 Å². The third-order valence-electron chi connectivity index (χ3n) is 5.17. The van der Waals surface area contributed by atoms with E-state index in [1.165, 1.54) is 29.3 Å². The summed E-state index contributed by atoms with van der Waals surface area (Å²) in [4.78, 5) is 49.5. The number of rotatable bonds is 6. The zero-order valence-corrected chi connectivity index (χ0v) is 19.3. The molecule has 2 aromatic heterocycles. The molecule has 0 fully saturated rings. The number of hydrogen-bond acceptors (Lipinski definition) is 7. The molecule has 0 spiro atoms. The van der Waals surface area contributed by atoms with Crippen molar-refractivity contribution in [3.05, 3.63) is 100 Å². The smallest absolute Gasteiger partial charge is 0.379 e. The molecule has 0 aliphatic carbocycles. The Hall–Kier alpha value is -5.19. The van der Waals surface area contributed by atoms with Crippen molar-refractivity contribution < 1.29 is 23.5 Å². The van der Waals surface area contributed by atoms with E-state index in [2.05, 4.69) is 15.8 Å². The van der Waals surface area contributed by atoms with Crippen LogP contribution in [0, 0.1) is 6.92 Å². The lowest BCUT2D eigenvalue weighted by atomic mass is 10.2. The summed E-state index contributed by atoms with van der Waals surface area (Å²) < 4.78 is 13.2. The van der Waals surface area contributed by atoms with Gasteiger partial charge in [-0.2, -0.15) is 5.10 Å². The zero-order chi connectivity index (χ0) is 25.7. The Morgan fingerprint density at radius 3 is 2.50 bits per heavy atom. The number of esters is 1. The first-order chi connectivity index (χ1) is 17.3. The van der Waals surface area contributed by atoms with Gasteiger partial charge < -0.3 is 14.5 Å². The molecule has 36 heavy (non-hydrogen) atoms. The normalized spacial score (nSPS) is 10.8. The molecule has 2 amide bonds. The Labute approximate surface area is 204 Å². The summed E-state index contributed by atoms with van der Waals surface area (Å²) in [5.41, 5.74) is 3.18. The van der Waals surface area contributed by atoms with Gasteiger partial charge in [-0.3, -0.25) is 19.1 Å². The lowest BCUT2D eigenvalue weighted by molar-refractivity contribution is -0.136. The van der Waals surface area contributed by atoms with Gasteiger partial charge in [0.05, 0.1) is 23.9 Å². The summed E-state index contributed by atoms with van der Waals surface area (Å²) in [5.74, 6) is -2.50. The molecule has 0 radical (unpaired) electrons. The average molecular weight is 487 g/mol. The highest BCUT2D eigenvalue weighted by molar-refractivity contribution is 6.39. The van der Waals surface area contributed by atoms with Crippen molar-refractivity contribution >= 4 is 29.7 Å². The Kier molecular flexibility index (Phi) is 6.91. The third-order valence-corrected chi connectivity index (χ3v) is 5.17. The van der Waals surface area contributed by atoms with Crippen LogP contribution in [0.1, 0.15) is 21.8 Å². The maximum atomic E-state index is 12.9. The molecular formula is C25H21N5O6. The van der Waals surface area contributed by atoms with Crippen LogP contribution in [0.4, 0.5) is 5.69 Å². The molecule has 2 aromatic carbocycles. The largest absolute Gasteiger partial charge is 0.457 e. The fraction of sp³-hybridized carbons (Fsp3) is 0.0800. The van der Waals surface area contributed by atoms with E-state index >= 15 is 0 Å². The number of nitrogens with one attached hydrogen (secondary N) is 2. The molecule has 2 N–H and O–H groups in total. The van der Waals surface area contributed by atoms with Crippen molar-refractivity contribution in [2.75, 3.05) is 5.32 Å². The van der Waals surface area contributed by atoms with E-state index in [0.29, 0.717) is 16.9 Å². The van der Waals surface area contributed by atoms with Crippen molar-refractivity contribution in [1.29, 1.82) is 0 Å². The summed E-state index contributed by atoms with van der Waals surface area (Å²) >= 11 is 0. The Morgan fingerprint density at radius 2 is 1.78 bits per heavy atom. The number of hydrogen-bond donors (Lipinski definition) is 2. The average Bonchev–Trinajstić information content (AvgIpc) is 3.49. The van der Waals surface area contributed by atoms with Gasteiger partial charge in [0.1, 0.15) is 11.4 Å². The molecule has 2 heterocycles. The van der Waals surface area contributed by atoms with Crippen molar-refractivity contribution in [2.24, 2.45) is 12.1 Å². The molecule has 0 atom stereocenters. The minimum absolute atomic E-state index is 0.0171. The predicted molar refractivity (Wildman–Crippen MR) is 130 cm³/mol. The standard InChI is InChI=1S/C25H21N5O6/c1-16-21(24(33)30(29(16)2)18-9-4-3-5-10-18)27-22(31)23(32)28-26-15-17-8-6-11-19(14-17)36-25(34)20-12-7-13-35-20/h3-15H,1-2H3,(H,27,31)(H,28,32)/b26-15-. The monoisotopic (exact) mass is 487 g/mol. The number of carbonyl (C=O) groups excluding carboxylic acids is 3. The van der Waals surface area contributed by atoms with E-state index in [1.807, 2.05) is 6.07 Å². The van der Waals surface area contributed by atoms with E-state index in [4.69, 9.17) is 9.15 Å². The maximum absolute atomic E-state index is 12.9. The second-order valence-electron chi connectivity index (χ2n) is 7.53. The number of carbonyl (C=O) groups is 3. The Bertz CT molecular complexity index is 1500. The number of aromatic nitrogens is 2. The summed E-state index contributed by atoms with van der Waals surface area (Å²) in [6, 6.07) is 18.3. The van der Waals surface area contributed by atoms with Gasteiger partial charge in [0.2, 0.25) is 5.76 Å². The van der Waals surface area contributed by atoms with Gasteiger partial charge in [-0.1, -0.05) is 30.3 Å². The summed E-state index contributed by atoms with van der Waals surface area (Å²) in [7, 11) is 1.67. The number of ether oxygens (including phenoxy) is 1. The molecule has 4 aromatic rings. The number of benzene rings is 2. The Morgan fingerprint density at radius 1 is 1.00 bits per heavy atom. The lowest BCUT2D eigenvalue weighted by Crippen LogP contribution is -2.34. The van der Waals surface area contributed by atoms with Crippen LogP contribution < -0.4 is 21.0 Å². The van der Waals surface area contributed by atoms with Crippen LogP contribution >= 0.6 is 0 Å². The molecule has 11 heteroatoms. The van der Waals surface area contributed by atoms with Gasteiger partial charge in [0.15, 0.2) is 0 Å². The molecule has 0 aliphatic heterocycles. The second kappa shape index (κ2) is 10.4. The quantitative estimate of drug-likeness (QED) is 0.141. The van der Waals surface area contributed by atoms with Crippen LogP contribution in [0.5, 0.6) is 5.75 Å². The second-order valence-corrected chi connectivity index (χ2v) is 7.53. The number of anilines is 1. The van der Waals surface area contributed by atoms with Crippen molar-refractivity contribution in [1.82, 2.24) is 14.8 Å². The van der Waals surface area contributed by atoms with Crippen LogP contribution in [0.25, 0.3) is 5.69 Å². The highest BCUT2D eigenvalue weighted by Crippen LogP contribution is 2.15. The number of para-hydroxylation sites is 1. The molecule has 11 nitrogen and oxygen atoms in total. The number of furan rings is 1. The van der Waals surface area contributed by atoms with E-state index < -0.39 is 23.3 Å². The number of hydrazone groups is 1. The fourth-order valence-electron chi connectivity index (χ4n) is 3.31. The molecule has 0 saturated carbocycles. The van der Waals surface area contributed by atoms with Gasteiger partial charge in [-0.15, -0.1) is 0 Å². The van der Waals surface area contributed by atoms with Gasteiger partial charge >= 0.3 is 17.8 Å². The van der Waals surface area contributed by atoms with Crippen molar-refractivity contribution in [2.45, 2.75) is 6.92 Å². The SMILES string of the molecule is Cc1c(NC(=O)C(=O)N/N=C\c2cccc(OC(=O)c3ccco3)c2)c(=O)n(-c2ccccc2)n1C. The molecule has 0 unspecified atom stereocenters. The predicted octanol–water partition coefficient (Wildman–Crippen LogP) is 2.39. The first-order valence-electron chi connectivity index (χ1n) is 10.7. The number of amides is 2. The first-order valence-corrected chi connectivity index (χ1v) is 10.7. The van der Waals surface area contributed by atoms with Gasteiger partial charge in [0.25, 0.3) is 5.56 Å². The van der Waals surface area contributed by atoms with Gasteiger partial charge in [-0.25, -0.2) is 14.9 Å². The van der Waals surface area contributed by atoms with Crippen LogP contribution in [-0.2, 0) is 16.6 Å². The van der Waals surface area contributed by atoms with E-state index in [1.54, 1.807) is 67.2 Å². The lowest BCUT2D eigenvalue weighted by Gasteiger charge is -2.07. The minimum atomic E-state index is -1.07. The Balaban J connectivity index is 1.39. The number of nitrogens with zero attached hydrogens (tertiary/aromatic N) is 3. The topological polar surface area (TPSA) is 137 Å². The van der Waals surface area contributed by atoms with Crippen LogP contribution in [0.2, 0.25) is 0 Å². The summed E-state index contributed by atoms with van der Waals surface area (Å²) in [6.45, 7) is 1.65. The van der Waals surface area contributed by atoms with Crippen molar-refractivity contribution in [3.63, 3.8) is 0 Å². The minimum Gasteiger partial charge on any atom is -0.457 e. The van der Waals surface area contributed by atoms with E-state index in [9.17, 15) is 19.2 Å². The third kappa shape index (κ3) is 5.14. The molecule has 0 saturated heterocycles. The molecular weight excluding hydrogens is 466 g/mol. The van der Waals surface area contributed by atoms with E-state index in [0.717, 1.165) is 0 Å². The van der Waals surface area contributed by atoms with Gasteiger partial charge in [-0.05, 0) is 48.9 Å². The molecule has 182 valence electrons. The summed E-state index contributed by atoms with van der Waals surface area (Å²) in [5, 5.41) is 6.11. The van der Waals surface area contributed by atoms with E-state index in [-0.39, 0.29) is 17.2 Å². The van der Waals surface area contributed by atoms with Crippen LogP contribution in [-0.4, -0.2) is 33.4 Å². The molecule has 0 aliphatic rings. The highest BCUT2D eigenvalue weighted by atomic mass is 16.5. The van der Waals surface area contributed by atoms with Crippen molar-refractivity contribution in [3.8, 4) is 11.4 Å². The maximum Gasteiger partial charge on any atom is 0.379 e. The molecule has 4 rings (SSSR count). The zero-order valence-electron chi connectivity index (χ0n) is 19.3. The van der Waals surface area contributed by atoms with Gasteiger partial charge in [0, 0.05) is 7.05 Å². The fourth-order valence-corrected chi connectivity index (χ4v) is 3.31. The summed E-state index contributed by atoms with van der Waals surface area (Å²) in [6.07, 6.45) is 2.63.